The quantitative estimate of drug-likeness (QED) is 0.903. The van der Waals surface area contributed by atoms with Crippen LogP contribution in [0.2, 0.25) is 0 Å². The van der Waals surface area contributed by atoms with Crippen LogP contribution in [-0.4, -0.2) is 24.1 Å². The van der Waals surface area contributed by atoms with Crippen molar-refractivity contribution in [3.05, 3.63) is 46.9 Å². The van der Waals surface area contributed by atoms with E-state index in [1.54, 1.807) is 19.1 Å². The lowest BCUT2D eigenvalue weighted by Gasteiger charge is -2.09. The monoisotopic (exact) mass is 289 g/mol. The molecule has 0 fully saturated rings. The van der Waals surface area contributed by atoms with Crippen LogP contribution >= 0.6 is 0 Å². The van der Waals surface area contributed by atoms with Crippen LogP contribution < -0.4 is 10.1 Å². The SMILES string of the molecule is COc1ccc(NC(=O)c2cc(C)c(C)o2)c(C(=O)O)c1. The van der Waals surface area contributed by atoms with Crippen molar-refractivity contribution >= 4 is 17.6 Å². The molecule has 0 saturated heterocycles. The first kappa shape index (κ1) is 14.6. The summed E-state index contributed by atoms with van der Waals surface area (Å²) in [6, 6.07) is 5.99. The topological polar surface area (TPSA) is 88.8 Å². The molecule has 0 radical (unpaired) electrons. The average molecular weight is 289 g/mol. The molecule has 1 aromatic carbocycles. The third-order valence-electron chi connectivity index (χ3n) is 3.10. The first-order valence-electron chi connectivity index (χ1n) is 6.22. The number of anilines is 1. The first-order chi connectivity index (χ1) is 9.92. The number of aromatic carboxylic acids is 1. The predicted octanol–water partition coefficient (Wildman–Crippen LogP) is 2.86. The number of carbonyl (C=O) groups excluding carboxylic acids is 1. The molecule has 0 saturated carbocycles. The highest BCUT2D eigenvalue weighted by atomic mass is 16.5. The van der Waals surface area contributed by atoms with Crippen LogP contribution in [0.3, 0.4) is 0 Å². The molecule has 21 heavy (non-hydrogen) atoms. The van der Waals surface area contributed by atoms with Gasteiger partial charge in [-0.3, -0.25) is 4.79 Å². The van der Waals surface area contributed by atoms with Crippen LogP contribution in [-0.2, 0) is 0 Å². The maximum absolute atomic E-state index is 12.1. The van der Waals surface area contributed by atoms with Gasteiger partial charge in [-0.15, -0.1) is 0 Å². The lowest BCUT2D eigenvalue weighted by atomic mass is 10.1. The minimum atomic E-state index is -1.16. The van der Waals surface area contributed by atoms with Gasteiger partial charge in [-0.25, -0.2) is 4.79 Å². The lowest BCUT2D eigenvalue weighted by molar-refractivity contribution is 0.0697. The summed E-state index contributed by atoms with van der Waals surface area (Å²) in [5.41, 5.74) is 0.982. The van der Waals surface area contributed by atoms with Gasteiger partial charge in [0.25, 0.3) is 5.91 Å². The molecule has 6 nitrogen and oxygen atoms in total. The number of benzene rings is 1. The number of nitrogens with one attached hydrogen (secondary N) is 1. The molecule has 0 atom stereocenters. The molecule has 1 amide bonds. The summed E-state index contributed by atoms with van der Waals surface area (Å²) in [6.45, 7) is 3.58. The number of methoxy groups -OCH3 is 1. The summed E-state index contributed by atoms with van der Waals surface area (Å²) in [4.78, 5) is 23.3. The first-order valence-corrected chi connectivity index (χ1v) is 6.22. The summed E-state index contributed by atoms with van der Waals surface area (Å²) < 4.78 is 10.3. The Morgan fingerprint density at radius 1 is 1.24 bits per heavy atom. The molecule has 6 heteroatoms. The molecule has 0 aliphatic carbocycles. The molecule has 1 heterocycles. The van der Waals surface area contributed by atoms with E-state index < -0.39 is 11.9 Å². The Hall–Kier alpha value is -2.76. The fourth-order valence-electron chi connectivity index (χ4n) is 1.81. The summed E-state index contributed by atoms with van der Waals surface area (Å²) in [5, 5.41) is 11.7. The molecule has 1 aromatic heterocycles. The fraction of sp³-hybridized carbons (Fsp3) is 0.200. The highest BCUT2D eigenvalue weighted by molar-refractivity contribution is 6.06. The van der Waals surface area contributed by atoms with E-state index >= 15 is 0 Å². The Morgan fingerprint density at radius 3 is 2.48 bits per heavy atom. The van der Waals surface area contributed by atoms with Gasteiger partial charge in [-0.2, -0.15) is 0 Å². The zero-order valence-corrected chi connectivity index (χ0v) is 11.9. The summed E-state index contributed by atoms with van der Waals surface area (Å²) >= 11 is 0. The second kappa shape index (κ2) is 5.70. The smallest absolute Gasteiger partial charge is 0.337 e. The largest absolute Gasteiger partial charge is 0.497 e. The van der Waals surface area contributed by atoms with Gasteiger partial charge in [-0.05, 0) is 43.7 Å². The Labute approximate surface area is 121 Å². The molecule has 0 unspecified atom stereocenters. The fourth-order valence-corrected chi connectivity index (χ4v) is 1.81. The van der Waals surface area contributed by atoms with Gasteiger partial charge in [0.05, 0.1) is 18.4 Å². The number of rotatable bonds is 4. The number of hydrogen-bond donors (Lipinski definition) is 2. The van der Waals surface area contributed by atoms with Gasteiger partial charge < -0.3 is 19.6 Å². The molecular formula is C15H15NO5. The maximum Gasteiger partial charge on any atom is 0.337 e. The van der Waals surface area contributed by atoms with Crippen LogP contribution in [0.25, 0.3) is 0 Å². The standard InChI is InChI=1S/C15H15NO5/c1-8-6-13(21-9(8)2)14(17)16-12-5-4-10(20-3)7-11(12)15(18)19/h4-7H,1-3H3,(H,16,17)(H,18,19). The zero-order chi connectivity index (χ0) is 15.6. The third-order valence-corrected chi connectivity index (χ3v) is 3.10. The summed E-state index contributed by atoms with van der Waals surface area (Å²) in [7, 11) is 1.44. The van der Waals surface area contributed by atoms with Gasteiger partial charge in [-0.1, -0.05) is 0 Å². The second-order valence-corrected chi connectivity index (χ2v) is 4.52. The number of carbonyl (C=O) groups is 2. The van der Waals surface area contributed by atoms with E-state index in [0.717, 1.165) is 5.56 Å². The van der Waals surface area contributed by atoms with Crippen LogP contribution in [0.15, 0.2) is 28.7 Å². The number of carboxylic acids is 1. The number of hydrogen-bond acceptors (Lipinski definition) is 4. The summed E-state index contributed by atoms with van der Waals surface area (Å²) in [6.07, 6.45) is 0. The van der Waals surface area contributed by atoms with Gasteiger partial charge in [0.15, 0.2) is 5.76 Å². The van der Waals surface area contributed by atoms with Crippen molar-refractivity contribution in [3.63, 3.8) is 0 Å². The average Bonchev–Trinajstić information content (AvgIpc) is 2.79. The molecule has 110 valence electrons. The van der Waals surface area contributed by atoms with E-state index in [4.69, 9.17) is 9.15 Å². The maximum atomic E-state index is 12.1. The van der Waals surface area contributed by atoms with Crippen LogP contribution in [0.4, 0.5) is 5.69 Å². The van der Waals surface area contributed by atoms with E-state index in [0.29, 0.717) is 11.5 Å². The van der Waals surface area contributed by atoms with Crippen molar-refractivity contribution in [1.82, 2.24) is 0 Å². The van der Waals surface area contributed by atoms with Crippen molar-refractivity contribution in [2.24, 2.45) is 0 Å². The molecule has 2 rings (SSSR count). The molecule has 2 N–H and O–H groups in total. The predicted molar refractivity (Wildman–Crippen MR) is 76.1 cm³/mol. The molecule has 0 bridgehead atoms. The Balaban J connectivity index is 2.30. The van der Waals surface area contributed by atoms with Gasteiger partial charge >= 0.3 is 5.97 Å². The van der Waals surface area contributed by atoms with Crippen molar-refractivity contribution in [2.45, 2.75) is 13.8 Å². The van der Waals surface area contributed by atoms with E-state index in [9.17, 15) is 14.7 Å². The van der Waals surface area contributed by atoms with Gasteiger partial charge in [0.2, 0.25) is 0 Å². The zero-order valence-electron chi connectivity index (χ0n) is 11.9. The van der Waals surface area contributed by atoms with E-state index in [2.05, 4.69) is 5.32 Å². The number of carboxylic acid groups (broad SMARTS) is 1. The highest BCUT2D eigenvalue weighted by Gasteiger charge is 2.17. The molecular weight excluding hydrogens is 274 g/mol. The van der Waals surface area contributed by atoms with E-state index in [1.165, 1.54) is 19.2 Å². The number of amides is 1. The highest BCUT2D eigenvalue weighted by Crippen LogP contribution is 2.23. The van der Waals surface area contributed by atoms with E-state index in [-0.39, 0.29) is 17.0 Å². The minimum absolute atomic E-state index is 0.0531. The van der Waals surface area contributed by atoms with Crippen LogP contribution in [0.5, 0.6) is 5.75 Å². The van der Waals surface area contributed by atoms with Crippen LogP contribution in [0, 0.1) is 13.8 Å². The van der Waals surface area contributed by atoms with E-state index in [1.807, 2.05) is 6.92 Å². The molecule has 0 spiro atoms. The number of furan rings is 1. The van der Waals surface area contributed by atoms with Crippen molar-refractivity contribution in [1.29, 1.82) is 0 Å². The Morgan fingerprint density at radius 2 is 1.95 bits per heavy atom. The molecule has 2 aromatic rings. The van der Waals surface area contributed by atoms with Gasteiger partial charge in [0.1, 0.15) is 11.5 Å². The number of ether oxygens (including phenoxy) is 1. The molecule has 0 aliphatic heterocycles. The van der Waals surface area contributed by atoms with Crippen molar-refractivity contribution < 1.29 is 23.8 Å². The van der Waals surface area contributed by atoms with Crippen LogP contribution in [0.1, 0.15) is 32.2 Å². The summed E-state index contributed by atoms with van der Waals surface area (Å²) in [5.74, 6) is -0.476. The minimum Gasteiger partial charge on any atom is -0.497 e. The van der Waals surface area contributed by atoms with Gasteiger partial charge in [0, 0.05) is 0 Å². The Kier molecular flexibility index (Phi) is 3.98. The van der Waals surface area contributed by atoms with Crippen molar-refractivity contribution in [3.8, 4) is 5.75 Å². The molecule has 0 aliphatic rings. The van der Waals surface area contributed by atoms with Crippen molar-refractivity contribution in [2.75, 3.05) is 12.4 Å². The Bertz CT molecular complexity index is 683. The lowest BCUT2D eigenvalue weighted by Crippen LogP contribution is -2.14. The second-order valence-electron chi connectivity index (χ2n) is 4.52. The number of aryl methyl sites for hydroxylation is 2. The third kappa shape index (κ3) is 3.05. The normalized spacial score (nSPS) is 10.2.